The average molecular weight is 329 g/mol. The van der Waals surface area contributed by atoms with Crippen LogP contribution in [0.1, 0.15) is 33.6 Å². The molecule has 1 fully saturated rings. The molecule has 0 aromatic heterocycles. The molecule has 0 aromatic carbocycles. The topological polar surface area (TPSA) is 54.5 Å². The molecular weight excluding hydrogens is 307 g/mol. The highest BCUT2D eigenvalue weighted by atomic mass is 32.2. The van der Waals surface area contributed by atoms with Gasteiger partial charge in [0.1, 0.15) is 15.9 Å². The molecule has 21 heavy (non-hydrogen) atoms. The summed E-state index contributed by atoms with van der Waals surface area (Å²) in [6, 6.07) is -1.89. The number of alkyl halides is 3. The van der Waals surface area contributed by atoms with E-state index in [-0.39, 0.29) is 24.3 Å². The van der Waals surface area contributed by atoms with Crippen LogP contribution >= 0.6 is 0 Å². The van der Waals surface area contributed by atoms with Crippen molar-refractivity contribution in [3.8, 4) is 0 Å². The van der Waals surface area contributed by atoms with Gasteiger partial charge in [-0.2, -0.15) is 13.2 Å². The third-order valence-corrected chi connectivity index (χ3v) is 5.48. The lowest BCUT2D eigenvalue weighted by Gasteiger charge is -2.40. The number of hydrogen-bond acceptors (Lipinski definition) is 3. The maximum atomic E-state index is 13.2. The molecule has 8 heteroatoms. The van der Waals surface area contributed by atoms with Gasteiger partial charge < -0.3 is 4.90 Å². The minimum Gasteiger partial charge on any atom is -0.333 e. The minimum atomic E-state index is -4.52. The predicted octanol–water partition coefficient (Wildman–Crippen LogP) is 2.25. The van der Waals surface area contributed by atoms with Gasteiger partial charge in [0.15, 0.2) is 0 Å². The number of carbonyl (C=O) groups excluding carboxylic acids is 1. The van der Waals surface area contributed by atoms with Gasteiger partial charge in [-0.3, -0.25) is 4.79 Å². The van der Waals surface area contributed by atoms with Crippen LogP contribution in [0, 0.1) is 11.3 Å². The van der Waals surface area contributed by atoms with E-state index in [1.54, 1.807) is 0 Å². The third kappa shape index (κ3) is 4.59. The Morgan fingerprint density at radius 3 is 1.90 bits per heavy atom. The fraction of sp³-hybridized carbons (Fsp3) is 0.923. The highest BCUT2D eigenvalue weighted by Crippen LogP contribution is 2.38. The van der Waals surface area contributed by atoms with Crippen molar-refractivity contribution < 1.29 is 26.4 Å². The molecule has 0 spiro atoms. The Bertz CT molecular complexity index is 466. The number of carbonyl (C=O) groups is 1. The number of amides is 1. The van der Waals surface area contributed by atoms with Crippen molar-refractivity contribution in [2.75, 3.05) is 18.6 Å². The summed E-state index contributed by atoms with van der Waals surface area (Å²) in [6.07, 6.45) is -4.33. The number of sulfone groups is 1. The molecule has 0 aromatic rings. The number of halogens is 3. The van der Waals surface area contributed by atoms with Gasteiger partial charge in [0.2, 0.25) is 5.91 Å². The van der Waals surface area contributed by atoms with Crippen LogP contribution in [0.4, 0.5) is 13.2 Å². The first-order valence-corrected chi connectivity index (χ1v) is 8.61. The summed E-state index contributed by atoms with van der Waals surface area (Å²) in [6.45, 7) is 4.29. The maximum absolute atomic E-state index is 13.2. The van der Waals surface area contributed by atoms with E-state index in [2.05, 4.69) is 0 Å². The second-order valence-electron chi connectivity index (χ2n) is 6.69. The molecule has 124 valence electrons. The Morgan fingerprint density at radius 2 is 1.57 bits per heavy atom. The molecule has 1 aliphatic rings. The van der Waals surface area contributed by atoms with Crippen LogP contribution in [0.2, 0.25) is 0 Å². The SMILES string of the molecule is CN(C(=O)C1CCS(=O)(=O)CC1)[C@@H](C(C)(C)C)C(F)(F)F. The van der Waals surface area contributed by atoms with Crippen LogP contribution < -0.4 is 0 Å². The summed E-state index contributed by atoms with van der Waals surface area (Å²) in [5.41, 5.74) is -1.15. The lowest BCUT2D eigenvalue weighted by atomic mass is 9.84. The molecular formula is C13H22F3NO3S. The van der Waals surface area contributed by atoms with Crippen molar-refractivity contribution in [2.45, 2.75) is 45.8 Å². The number of rotatable bonds is 2. The standard InChI is InChI=1S/C13H22F3NO3S/c1-12(2,3)11(13(14,15)16)17(4)10(18)9-5-7-21(19,20)8-6-9/h9,11H,5-8H2,1-4H3/t11-/m0/s1. The molecule has 1 rings (SSSR count). The van der Waals surface area contributed by atoms with E-state index in [0.29, 0.717) is 0 Å². The predicted molar refractivity (Wildman–Crippen MR) is 73.4 cm³/mol. The third-order valence-electron chi connectivity index (χ3n) is 3.77. The Kier molecular flexibility index (Phi) is 5.02. The largest absolute Gasteiger partial charge is 0.409 e. The van der Waals surface area contributed by atoms with Gasteiger partial charge in [-0.1, -0.05) is 20.8 Å². The second kappa shape index (κ2) is 5.78. The molecule has 1 amide bonds. The summed E-state index contributed by atoms with van der Waals surface area (Å²) in [5, 5.41) is 0. The van der Waals surface area contributed by atoms with Crippen LogP contribution in [0.5, 0.6) is 0 Å². The maximum Gasteiger partial charge on any atom is 0.409 e. The second-order valence-corrected chi connectivity index (χ2v) is 8.99. The van der Waals surface area contributed by atoms with E-state index in [1.165, 1.54) is 20.8 Å². The summed E-state index contributed by atoms with van der Waals surface area (Å²) < 4.78 is 62.4. The molecule has 4 nitrogen and oxygen atoms in total. The van der Waals surface area contributed by atoms with E-state index >= 15 is 0 Å². The molecule has 0 radical (unpaired) electrons. The first kappa shape index (κ1) is 18.3. The van der Waals surface area contributed by atoms with E-state index in [9.17, 15) is 26.4 Å². The average Bonchev–Trinajstić information content (AvgIpc) is 2.24. The van der Waals surface area contributed by atoms with Crippen LogP contribution in [0.3, 0.4) is 0 Å². The zero-order valence-electron chi connectivity index (χ0n) is 12.7. The monoisotopic (exact) mass is 329 g/mol. The van der Waals surface area contributed by atoms with Crippen molar-refractivity contribution in [1.82, 2.24) is 4.90 Å². The normalized spacial score (nSPS) is 21.9. The molecule has 1 aliphatic heterocycles. The van der Waals surface area contributed by atoms with Crippen LogP contribution in [-0.4, -0.2) is 50.0 Å². The molecule has 1 heterocycles. The zero-order valence-corrected chi connectivity index (χ0v) is 13.5. The Labute approximate surface area is 123 Å². The Hall–Kier alpha value is -0.790. The van der Waals surface area contributed by atoms with Gasteiger partial charge in [0.05, 0.1) is 11.5 Å². The first-order valence-electron chi connectivity index (χ1n) is 6.79. The highest BCUT2D eigenvalue weighted by Gasteiger charge is 2.51. The zero-order chi connectivity index (χ0) is 16.6. The molecule has 0 N–H and O–H groups in total. The van der Waals surface area contributed by atoms with E-state index in [1.807, 2.05) is 0 Å². The van der Waals surface area contributed by atoms with Gasteiger partial charge in [-0.15, -0.1) is 0 Å². The summed E-state index contributed by atoms with van der Waals surface area (Å²) in [5.74, 6) is -1.54. The van der Waals surface area contributed by atoms with Crippen LogP contribution in [0.15, 0.2) is 0 Å². The molecule has 0 bridgehead atoms. The van der Waals surface area contributed by atoms with Crippen molar-refractivity contribution in [3.05, 3.63) is 0 Å². The minimum absolute atomic E-state index is 0.0974. The van der Waals surface area contributed by atoms with Crippen LogP contribution in [-0.2, 0) is 14.6 Å². The quantitative estimate of drug-likeness (QED) is 0.781. The van der Waals surface area contributed by atoms with Gasteiger partial charge in [-0.05, 0) is 18.3 Å². The smallest absolute Gasteiger partial charge is 0.333 e. The van der Waals surface area contributed by atoms with Gasteiger partial charge in [0, 0.05) is 13.0 Å². The lowest BCUT2D eigenvalue weighted by Crippen LogP contribution is -2.55. The molecule has 0 saturated carbocycles. The Balaban J connectivity index is 2.90. The lowest BCUT2D eigenvalue weighted by molar-refractivity contribution is -0.209. The van der Waals surface area contributed by atoms with Gasteiger partial charge >= 0.3 is 6.18 Å². The van der Waals surface area contributed by atoms with Crippen LogP contribution in [0.25, 0.3) is 0 Å². The van der Waals surface area contributed by atoms with Crippen molar-refractivity contribution >= 4 is 15.7 Å². The molecule has 1 saturated heterocycles. The number of hydrogen-bond donors (Lipinski definition) is 0. The fourth-order valence-corrected chi connectivity index (χ4v) is 4.34. The van der Waals surface area contributed by atoms with Crippen molar-refractivity contribution in [3.63, 3.8) is 0 Å². The summed E-state index contributed by atoms with van der Waals surface area (Å²) >= 11 is 0. The van der Waals surface area contributed by atoms with Gasteiger partial charge in [-0.25, -0.2) is 8.42 Å². The van der Waals surface area contributed by atoms with Crippen molar-refractivity contribution in [1.29, 1.82) is 0 Å². The molecule has 1 atom stereocenters. The Morgan fingerprint density at radius 1 is 1.14 bits per heavy atom. The fourth-order valence-electron chi connectivity index (χ4n) is 2.84. The van der Waals surface area contributed by atoms with Crippen molar-refractivity contribution in [2.24, 2.45) is 11.3 Å². The molecule has 0 aliphatic carbocycles. The summed E-state index contributed by atoms with van der Waals surface area (Å²) in [4.78, 5) is 13.0. The van der Waals surface area contributed by atoms with E-state index in [0.717, 1.165) is 11.9 Å². The number of nitrogens with zero attached hydrogens (tertiary/aromatic N) is 1. The highest BCUT2D eigenvalue weighted by molar-refractivity contribution is 7.91. The van der Waals surface area contributed by atoms with Gasteiger partial charge in [0.25, 0.3) is 0 Å². The van der Waals surface area contributed by atoms with E-state index < -0.39 is 39.3 Å². The summed E-state index contributed by atoms with van der Waals surface area (Å²) in [7, 11) is -2.00. The van der Waals surface area contributed by atoms with E-state index in [4.69, 9.17) is 0 Å². The molecule has 0 unspecified atom stereocenters. The first-order chi connectivity index (χ1) is 9.26.